The van der Waals surface area contributed by atoms with Gasteiger partial charge in [-0.3, -0.25) is 19.2 Å². The van der Waals surface area contributed by atoms with Gasteiger partial charge in [0.25, 0.3) is 0 Å². The first-order valence-electron chi connectivity index (χ1n) is 17.8. The van der Waals surface area contributed by atoms with Gasteiger partial charge in [-0.1, -0.05) is 36.4 Å². The standard InChI is InChI=1S/C39H53N3O9/c1-25-11-16-31(39-35(50-27(3)44)33(49-26(2)43)23-38(51-39,24-48-39)37(4,5)47)22-30(25)21-29-14-12-28(13-15-29)9-8-10-34(45)42-19-17-32(42)36(46)40-18-20-41(6)7/h11-16,22,32-33,35,47H,8-10,17-21,23-24H2,1-7H3,(H,40,46)/t32-,33-,35+,38+,39-/m0/s1. The van der Waals surface area contributed by atoms with Crippen molar-refractivity contribution in [3.63, 3.8) is 0 Å². The number of nitrogens with zero attached hydrogens (tertiary/aromatic N) is 2. The maximum absolute atomic E-state index is 12.9. The van der Waals surface area contributed by atoms with E-state index in [1.165, 1.54) is 13.8 Å². The number of aliphatic hydroxyl groups is 1. The zero-order chi connectivity index (χ0) is 37.1. The number of likely N-dealkylation sites (tertiary alicyclic amines) is 1. The molecule has 5 rings (SSSR count). The van der Waals surface area contributed by atoms with E-state index in [2.05, 4.69) is 29.6 Å². The molecule has 3 aliphatic rings. The lowest BCUT2D eigenvalue weighted by atomic mass is 9.77. The van der Waals surface area contributed by atoms with Gasteiger partial charge < -0.3 is 39.2 Å². The quantitative estimate of drug-likeness (QED) is 0.281. The fraction of sp³-hybridized carbons (Fsp3) is 0.590. The monoisotopic (exact) mass is 707 g/mol. The molecule has 2 aromatic rings. The lowest BCUT2D eigenvalue weighted by Gasteiger charge is -2.49. The van der Waals surface area contributed by atoms with Gasteiger partial charge in [0.05, 0.1) is 12.2 Å². The topological polar surface area (TPSA) is 144 Å². The Morgan fingerprint density at radius 3 is 2.33 bits per heavy atom. The Balaban J connectivity index is 1.25. The van der Waals surface area contributed by atoms with Crippen LogP contribution in [-0.4, -0.2) is 108 Å². The fourth-order valence-corrected chi connectivity index (χ4v) is 7.19. The number of nitrogens with one attached hydrogen (secondary N) is 1. The van der Waals surface area contributed by atoms with Gasteiger partial charge in [-0.25, -0.2) is 0 Å². The molecule has 0 spiro atoms. The number of aryl methyl sites for hydroxylation is 2. The summed E-state index contributed by atoms with van der Waals surface area (Å²) >= 11 is 0. The first kappa shape index (κ1) is 38.4. The Bertz CT molecular complexity index is 1600. The summed E-state index contributed by atoms with van der Waals surface area (Å²) in [4.78, 5) is 53.6. The Morgan fingerprint density at radius 1 is 1.04 bits per heavy atom. The molecule has 51 heavy (non-hydrogen) atoms. The summed E-state index contributed by atoms with van der Waals surface area (Å²) in [5.74, 6) is -2.79. The molecule has 2 N–H and O–H groups in total. The average molecular weight is 708 g/mol. The van der Waals surface area contributed by atoms with Crippen LogP contribution in [-0.2, 0) is 56.8 Å². The number of amides is 2. The maximum atomic E-state index is 12.9. The van der Waals surface area contributed by atoms with E-state index >= 15 is 0 Å². The first-order chi connectivity index (χ1) is 24.0. The highest BCUT2D eigenvalue weighted by atomic mass is 16.8. The number of ether oxygens (including phenoxy) is 4. The molecule has 0 saturated carbocycles. The molecule has 2 aromatic carbocycles. The van der Waals surface area contributed by atoms with Crippen LogP contribution in [0.2, 0.25) is 0 Å². The van der Waals surface area contributed by atoms with E-state index in [-0.39, 0.29) is 30.9 Å². The molecule has 2 bridgehead atoms. The Morgan fingerprint density at radius 2 is 1.73 bits per heavy atom. The zero-order valence-electron chi connectivity index (χ0n) is 31.0. The molecule has 278 valence electrons. The van der Waals surface area contributed by atoms with Gasteiger partial charge in [0.15, 0.2) is 6.10 Å². The van der Waals surface area contributed by atoms with E-state index in [1.54, 1.807) is 18.7 Å². The molecule has 2 amide bonds. The van der Waals surface area contributed by atoms with E-state index in [0.29, 0.717) is 44.3 Å². The third-order valence-corrected chi connectivity index (χ3v) is 10.4. The second kappa shape index (κ2) is 15.4. The van der Waals surface area contributed by atoms with Gasteiger partial charge >= 0.3 is 11.9 Å². The third-order valence-electron chi connectivity index (χ3n) is 10.4. The largest absolute Gasteiger partial charge is 0.458 e. The summed E-state index contributed by atoms with van der Waals surface area (Å²) < 4.78 is 24.5. The molecule has 0 radical (unpaired) electrons. The summed E-state index contributed by atoms with van der Waals surface area (Å²) in [5, 5.41) is 14.1. The first-order valence-corrected chi connectivity index (χ1v) is 17.8. The van der Waals surface area contributed by atoms with Crippen LogP contribution in [0.5, 0.6) is 0 Å². The van der Waals surface area contributed by atoms with Crippen molar-refractivity contribution in [2.75, 3.05) is 40.3 Å². The SMILES string of the molecule is CC(=O)O[C@H]1C[C@]2(C(C)(C)O)CO[C@@](c3ccc(C)c(Cc4ccc(CCCC(=O)N5CC[C@H]5C(=O)NCCN(C)C)cc4)c3)(O2)[C@@H]1OC(C)=O. The number of likely N-dealkylation sites (N-methyl/N-ethyl adjacent to an activating group) is 1. The molecular weight excluding hydrogens is 654 g/mol. The fourth-order valence-electron chi connectivity index (χ4n) is 7.19. The highest BCUT2D eigenvalue weighted by Gasteiger charge is 2.69. The van der Waals surface area contributed by atoms with Crippen LogP contribution in [0.1, 0.15) is 81.2 Å². The van der Waals surface area contributed by atoms with Crippen molar-refractivity contribution in [3.05, 3.63) is 70.3 Å². The number of benzene rings is 2. The van der Waals surface area contributed by atoms with Crippen LogP contribution < -0.4 is 5.32 Å². The van der Waals surface area contributed by atoms with E-state index in [1.807, 2.05) is 44.1 Å². The summed E-state index contributed by atoms with van der Waals surface area (Å²) in [6.45, 7) is 9.79. The molecule has 0 aromatic heterocycles. The molecule has 3 fully saturated rings. The minimum atomic E-state index is -1.61. The minimum absolute atomic E-state index is 0.00724. The molecule has 0 aliphatic carbocycles. The Labute approximate surface area is 300 Å². The van der Waals surface area contributed by atoms with Crippen LogP contribution in [0.15, 0.2) is 42.5 Å². The van der Waals surface area contributed by atoms with E-state index in [4.69, 9.17) is 18.9 Å². The average Bonchev–Trinajstić information content (AvgIpc) is 3.36. The zero-order valence-corrected chi connectivity index (χ0v) is 31.0. The molecule has 12 nitrogen and oxygen atoms in total. The molecule has 12 heteroatoms. The minimum Gasteiger partial charge on any atom is -0.458 e. The van der Waals surface area contributed by atoms with Crippen molar-refractivity contribution in [3.8, 4) is 0 Å². The van der Waals surface area contributed by atoms with Crippen molar-refractivity contribution in [1.82, 2.24) is 15.1 Å². The number of hydrogen-bond donors (Lipinski definition) is 2. The molecule has 0 unspecified atom stereocenters. The third kappa shape index (κ3) is 8.46. The second-order valence-corrected chi connectivity index (χ2v) is 15.0. The number of fused-ring (bicyclic) bond motifs is 2. The van der Waals surface area contributed by atoms with Crippen LogP contribution in [0, 0.1) is 6.92 Å². The van der Waals surface area contributed by atoms with E-state index < -0.39 is 41.1 Å². The Kier molecular flexibility index (Phi) is 11.6. The van der Waals surface area contributed by atoms with Crippen LogP contribution >= 0.6 is 0 Å². The number of esters is 2. The summed E-state index contributed by atoms with van der Waals surface area (Å²) in [6.07, 6.45) is 1.20. The van der Waals surface area contributed by atoms with Crippen LogP contribution in [0.4, 0.5) is 0 Å². The van der Waals surface area contributed by atoms with Gasteiger partial charge in [-0.15, -0.1) is 0 Å². The summed E-state index contributed by atoms with van der Waals surface area (Å²) in [5.41, 5.74) is 2.25. The molecule has 5 atom stereocenters. The smallest absolute Gasteiger partial charge is 0.303 e. The van der Waals surface area contributed by atoms with Crippen molar-refractivity contribution in [1.29, 1.82) is 0 Å². The second-order valence-electron chi connectivity index (χ2n) is 15.0. The number of rotatable bonds is 14. The lowest BCUT2D eigenvalue weighted by molar-refractivity contribution is -0.323. The highest BCUT2D eigenvalue weighted by Crippen LogP contribution is 2.55. The Hall–Kier alpha value is -3.84. The number of hydrogen-bond acceptors (Lipinski definition) is 10. The molecule has 3 aliphatic heterocycles. The van der Waals surface area contributed by atoms with Crippen molar-refractivity contribution >= 4 is 23.8 Å². The van der Waals surface area contributed by atoms with Gasteiger partial charge in [0.2, 0.25) is 17.6 Å². The molecule has 3 saturated heterocycles. The van der Waals surface area contributed by atoms with E-state index in [0.717, 1.165) is 35.2 Å². The van der Waals surface area contributed by atoms with Crippen LogP contribution in [0.3, 0.4) is 0 Å². The van der Waals surface area contributed by atoms with Crippen molar-refractivity contribution in [2.45, 2.75) is 108 Å². The van der Waals surface area contributed by atoms with Gasteiger partial charge in [0, 0.05) is 51.9 Å². The predicted molar refractivity (Wildman–Crippen MR) is 189 cm³/mol. The van der Waals surface area contributed by atoms with Gasteiger partial charge in [0.1, 0.15) is 17.7 Å². The number of carbonyl (C=O) groups excluding carboxylic acids is 4. The van der Waals surface area contributed by atoms with Crippen LogP contribution in [0.25, 0.3) is 0 Å². The lowest BCUT2D eigenvalue weighted by Crippen LogP contribution is -2.64. The maximum Gasteiger partial charge on any atom is 0.303 e. The normalized spacial score (nSPS) is 25.7. The summed E-state index contributed by atoms with van der Waals surface area (Å²) in [6, 6.07) is 13.7. The summed E-state index contributed by atoms with van der Waals surface area (Å²) in [7, 11) is 3.91. The predicted octanol–water partition coefficient (Wildman–Crippen LogP) is 3.16. The van der Waals surface area contributed by atoms with Gasteiger partial charge in [-0.05, 0) is 88.9 Å². The van der Waals surface area contributed by atoms with E-state index in [9.17, 15) is 24.3 Å². The van der Waals surface area contributed by atoms with Gasteiger partial charge in [-0.2, -0.15) is 0 Å². The highest BCUT2D eigenvalue weighted by molar-refractivity contribution is 5.89. The molecular formula is C39H53N3O9. The number of carbonyl (C=O) groups is 4. The van der Waals surface area contributed by atoms with Crippen molar-refractivity contribution < 1.29 is 43.2 Å². The molecule has 3 heterocycles. The van der Waals surface area contributed by atoms with Crippen molar-refractivity contribution in [2.24, 2.45) is 0 Å².